The highest BCUT2D eigenvalue weighted by molar-refractivity contribution is 6.11. The zero-order valence-corrected chi connectivity index (χ0v) is 27.7. The maximum Gasteiger partial charge on any atom is 0.373 e. The zero-order chi connectivity index (χ0) is 33.8. The Labute approximate surface area is 291 Å². The third-order valence-corrected chi connectivity index (χ3v) is 9.99. The van der Waals surface area contributed by atoms with Gasteiger partial charge in [-0.1, -0.05) is 84.4 Å². The van der Waals surface area contributed by atoms with Crippen LogP contribution in [0.4, 0.5) is 11.4 Å². The lowest BCUT2D eigenvalue weighted by atomic mass is 9.89. The number of anilines is 2. The highest BCUT2D eigenvalue weighted by Gasteiger charge is 2.36. The summed E-state index contributed by atoms with van der Waals surface area (Å²) in [5, 5.41) is 17.2. The molecule has 1 aliphatic carbocycles. The van der Waals surface area contributed by atoms with E-state index in [2.05, 4.69) is 132 Å². The molecule has 0 saturated carbocycles. The van der Waals surface area contributed by atoms with Gasteiger partial charge in [0.15, 0.2) is 0 Å². The molecule has 0 radical (unpaired) electrons. The molecule has 240 valence electrons. The largest absolute Gasteiger partial charge is 0.386 e. The van der Waals surface area contributed by atoms with Crippen LogP contribution in [0.25, 0.3) is 38.6 Å². The minimum atomic E-state index is 0.0181. The Balaban J connectivity index is 1.03. The predicted octanol–water partition coefficient (Wildman–Crippen LogP) is 9.03. The number of para-hydroxylation sites is 2. The minimum absolute atomic E-state index is 0.0181. The van der Waals surface area contributed by atoms with E-state index in [1.54, 1.807) is 0 Å². The van der Waals surface area contributed by atoms with Crippen LogP contribution in [0.15, 0.2) is 158 Å². The topological polar surface area (TPSA) is 66.8 Å². The number of nitrogens with two attached hydrogens (primary N) is 1. The smallest absolute Gasteiger partial charge is 0.373 e. The second kappa shape index (κ2) is 11.9. The number of aryl methyl sites for hydroxylation is 1. The summed E-state index contributed by atoms with van der Waals surface area (Å²) in [5.74, 6) is 0.230. The molecule has 0 saturated heterocycles. The number of rotatable bonds is 5. The summed E-state index contributed by atoms with van der Waals surface area (Å²) >= 11 is 0. The van der Waals surface area contributed by atoms with E-state index < -0.39 is 0 Å². The molecule has 1 atom stereocenters. The maximum atomic E-state index is 8.55. The molecule has 0 bridgehead atoms. The summed E-state index contributed by atoms with van der Waals surface area (Å²) in [5.41, 5.74) is 13.6. The van der Waals surface area contributed by atoms with Crippen LogP contribution >= 0.6 is 0 Å². The number of ether oxygens (including phenoxy) is 1. The van der Waals surface area contributed by atoms with Crippen molar-refractivity contribution in [2.45, 2.75) is 19.4 Å². The lowest BCUT2D eigenvalue weighted by Gasteiger charge is -2.29. The molecule has 0 fully saturated rings. The number of aromatic nitrogens is 1. The summed E-state index contributed by atoms with van der Waals surface area (Å²) in [6.45, 7) is 2.13. The molecule has 1 aliphatic heterocycles. The van der Waals surface area contributed by atoms with Crippen molar-refractivity contribution in [3.05, 3.63) is 186 Å². The summed E-state index contributed by atoms with van der Waals surface area (Å²) < 4.78 is 8.08. The molecule has 0 spiro atoms. The zero-order valence-electron chi connectivity index (χ0n) is 27.7. The van der Waals surface area contributed by atoms with E-state index in [1.807, 2.05) is 42.5 Å². The molecule has 2 aliphatic rings. The number of nitrogens with one attached hydrogen (secondary N) is 1. The number of fused-ring (bicyclic) bond motifs is 6. The van der Waals surface area contributed by atoms with Gasteiger partial charge in [-0.25, -0.2) is 5.41 Å². The van der Waals surface area contributed by atoms with E-state index in [-0.39, 0.29) is 17.8 Å². The first-order valence-corrected chi connectivity index (χ1v) is 17.0. The van der Waals surface area contributed by atoms with Crippen LogP contribution in [0, 0.1) is 12.3 Å². The van der Waals surface area contributed by atoms with Crippen molar-refractivity contribution in [2.24, 2.45) is 0 Å². The highest BCUT2D eigenvalue weighted by atomic mass is 16.5. The van der Waals surface area contributed by atoms with Crippen LogP contribution in [0.1, 0.15) is 34.2 Å². The Morgan fingerprint density at radius 2 is 1.40 bits per heavy atom. The summed E-state index contributed by atoms with van der Waals surface area (Å²) in [6.07, 6.45) is 5.64. The number of hydrogen-bond acceptors (Lipinski definition) is 3. The van der Waals surface area contributed by atoms with Gasteiger partial charge in [0.1, 0.15) is 0 Å². The first-order chi connectivity index (χ1) is 24.5. The van der Waals surface area contributed by atoms with Crippen molar-refractivity contribution in [3.8, 4) is 5.69 Å². The molecule has 2 heterocycles. The van der Waals surface area contributed by atoms with Crippen LogP contribution in [0.5, 0.6) is 0 Å². The maximum absolute atomic E-state index is 8.55. The second-order valence-corrected chi connectivity index (χ2v) is 13.0. The molecule has 50 heavy (non-hydrogen) atoms. The number of allylic oxidation sites excluding steroid dienone is 2. The second-order valence-electron chi connectivity index (χ2n) is 13.0. The van der Waals surface area contributed by atoms with E-state index in [1.165, 1.54) is 61.0 Å². The standard InChI is InChI=1S/C45H34N4O/c1-29-15-21-34(22-16-29)48-40-13-7-5-11-36(40)38-27-32(19-25-42(38)48)33-20-26-43-39(28-33)37-12-6-8-14-41(37)49(43)35-23-17-31(18-24-35)45(47)50-44(46)30-9-3-2-4-10-30/h2-25,27-28,43,46-47H,26H2,1H3/p+1. The molecule has 5 heteroatoms. The Kier molecular flexibility index (Phi) is 7.06. The quantitative estimate of drug-likeness (QED) is 0.145. The van der Waals surface area contributed by atoms with Gasteiger partial charge in [0.05, 0.1) is 22.6 Å². The molecule has 3 N–H and O–H groups in total. The van der Waals surface area contributed by atoms with Gasteiger partial charge in [0.25, 0.3) is 0 Å². The van der Waals surface area contributed by atoms with Crippen molar-refractivity contribution >= 4 is 56.1 Å². The summed E-state index contributed by atoms with van der Waals surface area (Å²) in [6, 6.07) is 50.7. The van der Waals surface area contributed by atoms with Gasteiger partial charge in [-0.05, 0) is 109 Å². The minimum Gasteiger partial charge on any atom is -0.386 e. The number of hydrogen-bond donors (Lipinski definition) is 2. The fraction of sp³-hybridized carbons (Fsp3) is 0.0667. The van der Waals surface area contributed by atoms with Crippen molar-refractivity contribution < 1.29 is 10.1 Å². The Bertz CT molecular complexity index is 2520. The molecule has 7 aromatic rings. The Hall–Kier alpha value is -6.46. The van der Waals surface area contributed by atoms with Gasteiger partial charge >= 0.3 is 5.90 Å². The van der Waals surface area contributed by atoms with E-state index in [0.717, 1.165) is 17.7 Å². The average molecular weight is 648 g/mol. The first kappa shape index (κ1) is 29.7. The van der Waals surface area contributed by atoms with Crippen LogP contribution in [0.2, 0.25) is 0 Å². The van der Waals surface area contributed by atoms with Gasteiger partial charge in [0.2, 0.25) is 5.90 Å². The van der Waals surface area contributed by atoms with Crippen molar-refractivity contribution in [1.82, 2.24) is 4.57 Å². The average Bonchev–Trinajstić information content (AvgIpc) is 3.68. The van der Waals surface area contributed by atoms with Crippen molar-refractivity contribution in [2.75, 3.05) is 4.90 Å². The predicted molar refractivity (Wildman–Crippen MR) is 205 cm³/mol. The van der Waals surface area contributed by atoms with Gasteiger partial charge in [0, 0.05) is 39.0 Å². The Morgan fingerprint density at radius 3 is 2.22 bits per heavy atom. The van der Waals surface area contributed by atoms with Crippen molar-refractivity contribution in [3.63, 3.8) is 0 Å². The number of nitrogens with zero attached hydrogens (tertiary/aromatic N) is 2. The van der Waals surface area contributed by atoms with Crippen molar-refractivity contribution in [1.29, 1.82) is 5.41 Å². The monoisotopic (exact) mass is 647 g/mol. The molecule has 5 nitrogen and oxygen atoms in total. The summed E-state index contributed by atoms with van der Waals surface area (Å²) in [4.78, 5) is 2.42. The Morgan fingerprint density at radius 1 is 0.700 bits per heavy atom. The summed E-state index contributed by atoms with van der Waals surface area (Å²) in [7, 11) is 0. The molecule has 1 unspecified atom stereocenters. The third-order valence-electron chi connectivity index (χ3n) is 9.99. The first-order valence-electron chi connectivity index (χ1n) is 17.0. The lowest BCUT2D eigenvalue weighted by molar-refractivity contribution is -0.130. The van der Waals surface area contributed by atoms with Crippen LogP contribution in [-0.4, -0.2) is 22.4 Å². The van der Waals surface area contributed by atoms with Crippen LogP contribution < -0.4 is 10.3 Å². The molecular formula is C45H35N4O+. The third kappa shape index (κ3) is 4.94. The van der Waals surface area contributed by atoms with Gasteiger partial charge < -0.3 is 14.2 Å². The van der Waals surface area contributed by atoms with Gasteiger partial charge in [-0.2, -0.15) is 0 Å². The van der Waals surface area contributed by atoms with Gasteiger partial charge in [-0.15, -0.1) is 0 Å². The fourth-order valence-corrected chi connectivity index (χ4v) is 7.53. The van der Waals surface area contributed by atoms with E-state index in [9.17, 15) is 0 Å². The molecule has 9 rings (SSSR count). The number of benzene rings is 6. The highest BCUT2D eigenvalue weighted by Crippen LogP contribution is 2.49. The molecule has 6 aromatic carbocycles. The van der Waals surface area contributed by atoms with E-state index in [4.69, 9.17) is 15.6 Å². The molecule has 1 aromatic heterocycles. The normalized spacial score (nSPS) is 15.0. The lowest BCUT2D eigenvalue weighted by Crippen LogP contribution is -2.43. The van der Waals surface area contributed by atoms with Crippen LogP contribution in [0.3, 0.4) is 0 Å². The molecular weight excluding hydrogens is 613 g/mol. The SMILES string of the molecule is Cc1ccc(-n2c3ccccc3c3cc(C4=CCC5C(=C4)c4ccccc4N5c4ccc(C(=N)OC(=[NH2+])c5ccccc5)cc4)ccc32)cc1. The van der Waals surface area contributed by atoms with E-state index >= 15 is 0 Å². The van der Waals surface area contributed by atoms with Crippen LogP contribution in [-0.2, 0) is 4.74 Å². The van der Waals surface area contributed by atoms with E-state index in [0.29, 0.717) is 5.56 Å². The van der Waals surface area contributed by atoms with Gasteiger partial charge in [-0.3, -0.25) is 5.41 Å². The fourth-order valence-electron chi connectivity index (χ4n) is 7.53. The molecule has 0 amide bonds.